The van der Waals surface area contributed by atoms with Crippen molar-refractivity contribution in [3.8, 4) is 5.88 Å². The van der Waals surface area contributed by atoms with E-state index in [0.29, 0.717) is 12.4 Å². The van der Waals surface area contributed by atoms with Gasteiger partial charge in [0.15, 0.2) is 5.69 Å². The molecule has 0 fully saturated rings. The minimum absolute atomic E-state index is 0.0207. The van der Waals surface area contributed by atoms with Gasteiger partial charge in [0.05, 0.1) is 6.10 Å². The van der Waals surface area contributed by atoms with Gasteiger partial charge in [-0.15, -0.1) is 10.2 Å². The third-order valence-electron chi connectivity index (χ3n) is 3.30. The molecule has 0 aliphatic carbocycles. The monoisotopic (exact) mass is 310 g/mol. The Labute approximate surface area is 133 Å². The van der Waals surface area contributed by atoms with Gasteiger partial charge in [0.1, 0.15) is 0 Å². The molecule has 0 unspecified atom stereocenters. The average Bonchev–Trinajstić information content (AvgIpc) is 3.00. The fourth-order valence-electron chi connectivity index (χ4n) is 2.23. The fraction of sp³-hybridized carbons (Fsp3) is 0.235. The minimum Gasteiger partial charge on any atom is -0.474 e. The number of aromatic nitrogens is 3. The minimum atomic E-state index is -0.261. The molecule has 0 atom stereocenters. The van der Waals surface area contributed by atoms with Crippen LogP contribution in [0.1, 0.15) is 29.9 Å². The second-order valence-electron chi connectivity index (χ2n) is 5.51. The zero-order chi connectivity index (χ0) is 16.2. The molecule has 1 aromatic carbocycles. The highest BCUT2D eigenvalue weighted by Crippen LogP contribution is 2.14. The molecule has 6 heteroatoms. The second-order valence-corrected chi connectivity index (χ2v) is 5.51. The van der Waals surface area contributed by atoms with Gasteiger partial charge in [-0.25, -0.2) is 0 Å². The van der Waals surface area contributed by atoms with E-state index in [9.17, 15) is 4.79 Å². The molecule has 118 valence electrons. The lowest BCUT2D eigenvalue weighted by Crippen LogP contribution is -2.24. The molecule has 0 saturated heterocycles. The third-order valence-corrected chi connectivity index (χ3v) is 3.30. The SMILES string of the molecule is CC(C)Oc1ccc(C(=O)NCc2ccc3[nH]ccc3c2)nn1. The summed E-state index contributed by atoms with van der Waals surface area (Å²) < 4.78 is 5.40. The van der Waals surface area contributed by atoms with E-state index in [2.05, 4.69) is 20.5 Å². The molecular formula is C17H18N4O2. The number of fused-ring (bicyclic) bond motifs is 1. The molecule has 6 nitrogen and oxygen atoms in total. The number of carbonyl (C=O) groups excluding carboxylic acids is 1. The van der Waals surface area contributed by atoms with Crippen LogP contribution in [-0.4, -0.2) is 27.2 Å². The molecule has 3 rings (SSSR count). The van der Waals surface area contributed by atoms with Crippen LogP contribution in [0.4, 0.5) is 0 Å². The number of H-pyrrole nitrogens is 1. The number of hydrogen-bond acceptors (Lipinski definition) is 4. The van der Waals surface area contributed by atoms with Crippen molar-refractivity contribution in [2.75, 3.05) is 0 Å². The van der Waals surface area contributed by atoms with E-state index in [0.717, 1.165) is 16.5 Å². The average molecular weight is 310 g/mol. The van der Waals surface area contributed by atoms with Crippen molar-refractivity contribution in [3.63, 3.8) is 0 Å². The maximum absolute atomic E-state index is 12.1. The number of nitrogens with one attached hydrogen (secondary N) is 2. The molecule has 2 N–H and O–H groups in total. The Bertz CT molecular complexity index is 809. The highest BCUT2D eigenvalue weighted by molar-refractivity contribution is 5.92. The summed E-state index contributed by atoms with van der Waals surface area (Å²) in [5.41, 5.74) is 2.37. The van der Waals surface area contributed by atoms with Crippen molar-refractivity contribution in [1.82, 2.24) is 20.5 Å². The smallest absolute Gasteiger partial charge is 0.272 e. The summed E-state index contributed by atoms with van der Waals surface area (Å²) in [7, 11) is 0. The van der Waals surface area contributed by atoms with Gasteiger partial charge in [-0.3, -0.25) is 4.79 Å². The summed E-state index contributed by atoms with van der Waals surface area (Å²) in [5.74, 6) is 0.150. The van der Waals surface area contributed by atoms with Crippen molar-refractivity contribution < 1.29 is 9.53 Å². The van der Waals surface area contributed by atoms with Crippen molar-refractivity contribution in [2.45, 2.75) is 26.5 Å². The molecule has 1 amide bonds. The summed E-state index contributed by atoms with van der Waals surface area (Å²) in [4.78, 5) is 15.2. The maximum Gasteiger partial charge on any atom is 0.272 e. The molecule has 0 saturated carbocycles. The Morgan fingerprint density at radius 3 is 2.83 bits per heavy atom. The van der Waals surface area contributed by atoms with E-state index in [4.69, 9.17) is 4.74 Å². The van der Waals surface area contributed by atoms with E-state index in [1.54, 1.807) is 12.1 Å². The third kappa shape index (κ3) is 3.66. The molecule has 0 bridgehead atoms. The Morgan fingerprint density at radius 2 is 2.09 bits per heavy atom. The zero-order valence-corrected chi connectivity index (χ0v) is 13.0. The van der Waals surface area contributed by atoms with E-state index < -0.39 is 0 Å². The molecule has 0 spiro atoms. The van der Waals surface area contributed by atoms with Crippen LogP contribution in [0.3, 0.4) is 0 Å². The Hall–Kier alpha value is -2.89. The number of benzene rings is 1. The summed E-state index contributed by atoms with van der Waals surface area (Å²) in [6.45, 7) is 4.25. The van der Waals surface area contributed by atoms with Crippen LogP contribution in [-0.2, 0) is 6.54 Å². The maximum atomic E-state index is 12.1. The van der Waals surface area contributed by atoms with Crippen LogP contribution in [0, 0.1) is 0 Å². The van der Waals surface area contributed by atoms with Gasteiger partial charge in [0.2, 0.25) is 5.88 Å². The second kappa shape index (κ2) is 6.48. The van der Waals surface area contributed by atoms with Gasteiger partial charge in [-0.1, -0.05) is 6.07 Å². The Morgan fingerprint density at radius 1 is 1.22 bits per heavy atom. The first-order chi connectivity index (χ1) is 11.1. The Kier molecular flexibility index (Phi) is 4.23. The largest absolute Gasteiger partial charge is 0.474 e. The van der Waals surface area contributed by atoms with Gasteiger partial charge >= 0.3 is 0 Å². The zero-order valence-electron chi connectivity index (χ0n) is 13.0. The molecular weight excluding hydrogens is 292 g/mol. The first-order valence-electron chi connectivity index (χ1n) is 7.46. The van der Waals surface area contributed by atoms with E-state index in [1.807, 2.05) is 44.3 Å². The van der Waals surface area contributed by atoms with Crippen LogP contribution in [0.25, 0.3) is 10.9 Å². The lowest BCUT2D eigenvalue weighted by Gasteiger charge is -2.08. The summed E-state index contributed by atoms with van der Waals surface area (Å²) >= 11 is 0. The number of hydrogen-bond donors (Lipinski definition) is 2. The summed E-state index contributed by atoms with van der Waals surface area (Å²) in [5, 5.41) is 11.7. The molecule has 3 aromatic rings. The molecule has 2 aromatic heterocycles. The van der Waals surface area contributed by atoms with Crippen molar-refractivity contribution in [2.24, 2.45) is 0 Å². The van der Waals surface area contributed by atoms with Crippen molar-refractivity contribution >= 4 is 16.8 Å². The first-order valence-corrected chi connectivity index (χ1v) is 7.46. The molecule has 0 aliphatic heterocycles. The highest BCUT2D eigenvalue weighted by Gasteiger charge is 2.09. The van der Waals surface area contributed by atoms with E-state index >= 15 is 0 Å². The number of carbonyl (C=O) groups is 1. The lowest BCUT2D eigenvalue weighted by atomic mass is 10.1. The number of nitrogens with zero attached hydrogens (tertiary/aromatic N) is 2. The summed E-state index contributed by atoms with van der Waals surface area (Å²) in [6.07, 6.45) is 1.91. The van der Waals surface area contributed by atoms with Crippen LogP contribution < -0.4 is 10.1 Å². The predicted molar refractivity (Wildman–Crippen MR) is 87.3 cm³/mol. The van der Waals surface area contributed by atoms with Gasteiger partial charge < -0.3 is 15.0 Å². The number of amides is 1. The van der Waals surface area contributed by atoms with Crippen LogP contribution in [0.5, 0.6) is 5.88 Å². The van der Waals surface area contributed by atoms with E-state index in [-0.39, 0.29) is 17.7 Å². The van der Waals surface area contributed by atoms with Gasteiger partial charge in [0, 0.05) is 24.3 Å². The van der Waals surface area contributed by atoms with Crippen molar-refractivity contribution in [1.29, 1.82) is 0 Å². The van der Waals surface area contributed by atoms with Crippen LogP contribution >= 0.6 is 0 Å². The molecule has 0 aliphatic rings. The first kappa shape index (κ1) is 15.0. The highest BCUT2D eigenvalue weighted by atomic mass is 16.5. The molecule has 23 heavy (non-hydrogen) atoms. The van der Waals surface area contributed by atoms with Crippen LogP contribution in [0.2, 0.25) is 0 Å². The molecule has 2 heterocycles. The normalized spacial score (nSPS) is 10.9. The van der Waals surface area contributed by atoms with Gasteiger partial charge in [-0.05, 0) is 49.1 Å². The summed E-state index contributed by atoms with van der Waals surface area (Å²) in [6, 6.07) is 11.3. The number of rotatable bonds is 5. The molecule has 0 radical (unpaired) electrons. The fourth-order valence-corrected chi connectivity index (χ4v) is 2.23. The Balaban J connectivity index is 1.62. The van der Waals surface area contributed by atoms with Gasteiger partial charge in [-0.2, -0.15) is 0 Å². The predicted octanol–water partition coefficient (Wildman–Crippen LogP) is 2.68. The standard InChI is InChI=1S/C17H18N4O2/c1-11(2)23-16-6-5-15(20-21-16)17(22)19-10-12-3-4-14-13(9-12)7-8-18-14/h3-9,11,18H,10H2,1-2H3,(H,19,22). The number of aromatic amines is 1. The van der Waals surface area contributed by atoms with Crippen molar-refractivity contribution in [3.05, 3.63) is 53.9 Å². The van der Waals surface area contributed by atoms with Crippen LogP contribution in [0.15, 0.2) is 42.6 Å². The van der Waals surface area contributed by atoms with Gasteiger partial charge in [0.25, 0.3) is 5.91 Å². The van der Waals surface area contributed by atoms with E-state index in [1.165, 1.54) is 0 Å². The quantitative estimate of drug-likeness (QED) is 0.759. The number of ether oxygens (including phenoxy) is 1. The lowest BCUT2D eigenvalue weighted by molar-refractivity contribution is 0.0944. The topological polar surface area (TPSA) is 79.9 Å².